The van der Waals surface area contributed by atoms with Crippen LogP contribution in [0.15, 0.2) is 42.5 Å². The van der Waals surface area contributed by atoms with Crippen LogP contribution in [-0.4, -0.2) is 20.3 Å². The third-order valence-electron chi connectivity index (χ3n) is 4.54. The second kappa shape index (κ2) is 8.67. The van der Waals surface area contributed by atoms with Crippen molar-refractivity contribution in [2.45, 2.75) is 32.4 Å². The molecule has 0 fully saturated rings. The van der Waals surface area contributed by atoms with E-state index in [-0.39, 0.29) is 11.4 Å². The van der Waals surface area contributed by atoms with Crippen LogP contribution in [0, 0.1) is 11.7 Å². The normalized spacial score (nSPS) is 16.2. The number of ether oxygens (including phenoxy) is 1. The summed E-state index contributed by atoms with van der Waals surface area (Å²) in [5.74, 6) is -0.507. The topological polar surface area (TPSA) is 55.4 Å². The molecule has 1 unspecified atom stereocenters. The Labute approximate surface area is 172 Å². The summed E-state index contributed by atoms with van der Waals surface area (Å²) in [6.45, 7) is 2.09. The fourth-order valence-electron chi connectivity index (χ4n) is 3.22. The van der Waals surface area contributed by atoms with Gasteiger partial charge in [-0.2, -0.15) is 13.2 Å². The van der Waals surface area contributed by atoms with E-state index in [4.69, 9.17) is 4.74 Å². The lowest BCUT2D eigenvalue weighted by atomic mass is 9.90. The van der Waals surface area contributed by atoms with Gasteiger partial charge in [-0.15, -0.1) is 0 Å². The van der Waals surface area contributed by atoms with E-state index in [0.29, 0.717) is 11.7 Å². The van der Waals surface area contributed by atoms with Crippen molar-refractivity contribution in [2.24, 2.45) is 5.92 Å². The first-order chi connectivity index (χ1) is 14.0. The highest BCUT2D eigenvalue weighted by atomic mass is 32.2. The Kier molecular flexibility index (Phi) is 6.40. The van der Waals surface area contributed by atoms with Gasteiger partial charge in [-0.25, -0.2) is 12.8 Å². The smallest absolute Gasteiger partial charge is 0.389 e. The van der Waals surface area contributed by atoms with Gasteiger partial charge in [-0.05, 0) is 36.5 Å². The van der Waals surface area contributed by atoms with Gasteiger partial charge >= 0.3 is 6.18 Å². The highest BCUT2D eigenvalue weighted by Crippen LogP contribution is 2.34. The third kappa shape index (κ3) is 6.22. The Morgan fingerprint density at radius 1 is 1.20 bits per heavy atom. The summed E-state index contributed by atoms with van der Waals surface area (Å²) in [4.78, 5) is 0. The lowest BCUT2D eigenvalue weighted by Crippen LogP contribution is -2.19. The van der Waals surface area contributed by atoms with Gasteiger partial charge in [-0.3, -0.25) is 4.72 Å². The molecule has 0 saturated carbocycles. The molecule has 162 valence electrons. The van der Waals surface area contributed by atoms with Crippen LogP contribution in [-0.2, 0) is 16.4 Å². The van der Waals surface area contributed by atoms with Crippen LogP contribution in [0.2, 0.25) is 0 Å². The Balaban J connectivity index is 1.76. The van der Waals surface area contributed by atoms with E-state index < -0.39 is 40.6 Å². The van der Waals surface area contributed by atoms with Crippen LogP contribution >= 0.6 is 0 Å². The van der Waals surface area contributed by atoms with Gasteiger partial charge in [0.2, 0.25) is 10.0 Å². The quantitative estimate of drug-likeness (QED) is 0.542. The van der Waals surface area contributed by atoms with Gasteiger partial charge in [-0.1, -0.05) is 31.2 Å². The van der Waals surface area contributed by atoms with E-state index >= 15 is 0 Å². The molecular formula is C21H21F4NO3S. The molecule has 0 aromatic heterocycles. The van der Waals surface area contributed by atoms with Crippen LogP contribution < -0.4 is 9.46 Å². The van der Waals surface area contributed by atoms with Crippen molar-refractivity contribution in [3.63, 3.8) is 0 Å². The van der Waals surface area contributed by atoms with Crippen LogP contribution in [0.4, 0.5) is 23.2 Å². The molecule has 0 heterocycles. The fraction of sp³-hybridized carbons (Fsp3) is 0.333. The van der Waals surface area contributed by atoms with E-state index in [1.54, 1.807) is 6.07 Å². The second-order valence-corrected chi connectivity index (χ2v) is 9.13. The second-order valence-electron chi connectivity index (χ2n) is 7.29. The number of sulfonamides is 1. The summed E-state index contributed by atoms with van der Waals surface area (Å²) in [6, 6.07) is 8.87. The molecule has 0 radical (unpaired) electrons. The van der Waals surface area contributed by atoms with Gasteiger partial charge in [0, 0.05) is 24.1 Å². The van der Waals surface area contributed by atoms with Gasteiger partial charge in [0.25, 0.3) is 0 Å². The maximum Gasteiger partial charge on any atom is 0.389 e. The largest absolute Gasteiger partial charge is 0.457 e. The average molecular weight is 443 g/mol. The number of benzene rings is 2. The Hall–Kier alpha value is -2.55. The molecule has 0 amide bonds. The average Bonchev–Trinajstić information content (AvgIpc) is 2.59. The molecular weight excluding hydrogens is 422 g/mol. The SMILES string of the molecule is CC1C=Cc2c(cccc2Oc2cc(F)cc(NS(=O)(=O)CCCC(F)(F)F)c2)C1. The van der Waals surface area contributed by atoms with Crippen molar-refractivity contribution in [1.82, 2.24) is 0 Å². The minimum Gasteiger partial charge on any atom is -0.457 e. The van der Waals surface area contributed by atoms with E-state index in [1.807, 2.05) is 24.3 Å². The van der Waals surface area contributed by atoms with E-state index in [9.17, 15) is 26.0 Å². The molecule has 30 heavy (non-hydrogen) atoms. The molecule has 1 aliphatic rings. The Morgan fingerprint density at radius 3 is 2.70 bits per heavy atom. The first kappa shape index (κ1) is 22.1. The lowest BCUT2D eigenvalue weighted by Gasteiger charge is -2.19. The number of nitrogens with one attached hydrogen (secondary N) is 1. The number of hydrogen-bond donors (Lipinski definition) is 1. The number of rotatable bonds is 7. The number of allylic oxidation sites excluding steroid dienone is 1. The summed E-state index contributed by atoms with van der Waals surface area (Å²) in [5, 5.41) is 0. The zero-order valence-electron chi connectivity index (χ0n) is 16.2. The van der Waals surface area contributed by atoms with E-state index in [0.717, 1.165) is 29.7 Å². The van der Waals surface area contributed by atoms with Crippen molar-refractivity contribution in [3.8, 4) is 11.5 Å². The summed E-state index contributed by atoms with van der Waals surface area (Å²) in [5.41, 5.74) is 1.84. The molecule has 0 spiro atoms. The minimum absolute atomic E-state index is 0.0726. The Bertz CT molecular complexity index is 1050. The molecule has 0 bridgehead atoms. The summed E-state index contributed by atoms with van der Waals surface area (Å²) >= 11 is 0. The third-order valence-corrected chi connectivity index (χ3v) is 5.91. The standard InChI is InChI=1S/C21H21F4NO3S/c1-14-6-7-19-15(10-14)4-2-5-20(19)29-18-12-16(22)11-17(13-18)26-30(27,28)9-3-8-21(23,24)25/h2,4-7,11-14,26H,3,8-10H2,1H3. The maximum absolute atomic E-state index is 14.0. The molecule has 1 N–H and O–H groups in total. The summed E-state index contributed by atoms with van der Waals surface area (Å²) in [6.07, 6.45) is -1.41. The van der Waals surface area contributed by atoms with Crippen LogP contribution in [0.1, 0.15) is 30.9 Å². The van der Waals surface area contributed by atoms with Gasteiger partial charge < -0.3 is 4.74 Å². The first-order valence-electron chi connectivity index (χ1n) is 9.36. The minimum atomic E-state index is -4.43. The molecule has 0 saturated heterocycles. The highest BCUT2D eigenvalue weighted by Gasteiger charge is 2.27. The molecule has 0 aliphatic heterocycles. The maximum atomic E-state index is 14.0. The summed E-state index contributed by atoms with van der Waals surface area (Å²) < 4.78 is 82.7. The molecule has 9 heteroatoms. The monoisotopic (exact) mass is 443 g/mol. The number of fused-ring (bicyclic) bond motifs is 1. The molecule has 2 aromatic rings. The van der Waals surface area contributed by atoms with Crippen molar-refractivity contribution < 1.29 is 30.7 Å². The van der Waals surface area contributed by atoms with Crippen molar-refractivity contribution in [3.05, 3.63) is 59.4 Å². The summed E-state index contributed by atoms with van der Waals surface area (Å²) in [7, 11) is -4.07. The predicted octanol–water partition coefficient (Wildman–Crippen LogP) is 5.91. The van der Waals surface area contributed by atoms with Crippen molar-refractivity contribution in [2.75, 3.05) is 10.5 Å². The van der Waals surface area contributed by atoms with Crippen molar-refractivity contribution >= 4 is 21.8 Å². The molecule has 4 nitrogen and oxygen atoms in total. The van der Waals surface area contributed by atoms with Crippen LogP contribution in [0.3, 0.4) is 0 Å². The molecule has 2 aromatic carbocycles. The molecule has 1 aliphatic carbocycles. The van der Waals surface area contributed by atoms with Gasteiger partial charge in [0.15, 0.2) is 0 Å². The number of alkyl halides is 3. The van der Waals surface area contributed by atoms with E-state index in [2.05, 4.69) is 11.6 Å². The zero-order chi connectivity index (χ0) is 21.9. The van der Waals surface area contributed by atoms with Crippen molar-refractivity contribution in [1.29, 1.82) is 0 Å². The predicted molar refractivity (Wildman–Crippen MR) is 108 cm³/mol. The number of anilines is 1. The number of halogens is 4. The zero-order valence-corrected chi connectivity index (χ0v) is 17.0. The fourth-order valence-corrected chi connectivity index (χ4v) is 4.33. The lowest BCUT2D eigenvalue weighted by molar-refractivity contribution is -0.134. The first-order valence-corrected chi connectivity index (χ1v) is 11.0. The van der Waals surface area contributed by atoms with Gasteiger partial charge in [0.1, 0.15) is 17.3 Å². The molecule has 1 atom stereocenters. The van der Waals surface area contributed by atoms with Gasteiger partial charge in [0.05, 0.1) is 11.4 Å². The highest BCUT2D eigenvalue weighted by molar-refractivity contribution is 7.92. The van der Waals surface area contributed by atoms with E-state index in [1.165, 1.54) is 6.07 Å². The van der Waals surface area contributed by atoms with Crippen LogP contribution in [0.5, 0.6) is 11.5 Å². The molecule has 3 rings (SSSR count). The van der Waals surface area contributed by atoms with Crippen LogP contribution in [0.25, 0.3) is 6.08 Å². The number of hydrogen-bond acceptors (Lipinski definition) is 3. The Morgan fingerprint density at radius 2 is 1.97 bits per heavy atom.